The highest BCUT2D eigenvalue weighted by molar-refractivity contribution is 5.75. The van der Waals surface area contributed by atoms with Crippen molar-refractivity contribution in [2.24, 2.45) is 0 Å². The van der Waals surface area contributed by atoms with Crippen LogP contribution in [0.25, 0.3) is 11.4 Å². The summed E-state index contributed by atoms with van der Waals surface area (Å²) < 4.78 is 0. The Morgan fingerprint density at radius 1 is 1.30 bits per heavy atom. The molecule has 2 N–H and O–H groups in total. The predicted molar refractivity (Wildman–Crippen MR) is 88.8 cm³/mol. The molecule has 0 radical (unpaired) electrons. The van der Waals surface area contributed by atoms with Crippen molar-refractivity contribution in [2.45, 2.75) is 45.2 Å². The van der Waals surface area contributed by atoms with Gasteiger partial charge in [-0.1, -0.05) is 30.3 Å². The molecule has 0 spiro atoms. The van der Waals surface area contributed by atoms with Gasteiger partial charge in [0, 0.05) is 17.6 Å². The summed E-state index contributed by atoms with van der Waals surface area (Å²) in [7, 11) is 0. The lowest BCUT2D eigenvalue weighted by atomic mass is 10.1. The summed E-state index contributed by atoms with van der Waals surface area (Å²) in [5.74, 6) is 1.43. The highest BCUT2D eigenvalue weighted by Crippen LogP contribution is 2.31. The largest absolute Gasteiger partial charge is 0.333 e. The van der Waals surface area contributed by atoms with E-state index in [1.54, 1.807) is 0 Å². The molecule has 1 unspecified atom stereocenters. The van der Waals surface area contributed by atoms with Crippen molar-refractivity contribution in [2.75, 3.05) is 6.54 Å². The molecule has 1 aromatic heterocycles. The third-order valence-electron chi connectivity index (χ3n) is 3.85. The number of amides is 2. The first kappa shape index (κ1) is 15.5. The van der Waals surface area contributed by atoms with Gasteiger partial charge in [-0.05, 0) is 33.6 Å². The zero-order chi connectivity index (χ0) is 16.4. The average Bonchev–Trinajstić information content (AvgIpc) is 3.15. The molecule has 2 heterocycles. The van der Waals surface area contributed by atoms with Crippen LogP contribution in [0.3, 0.4) is 0 Å². The summed E-state index contributed by atoms with van der Waals surface area (Å²) in [6.07, 6.45) is 1.88. The van der Waals surface area contributed by atoms with Crippen molar-refractivity contribution >= 4 is 6.03 Å². The van der Waals surface area contributed by atoms with Crippen LogP contribution >= 0.6 is 0 Å². The van der Waals surface area contributed by atoms with E-state index in [0.717, 1.165) is 30.8 Å². The number of aromatic nitrogens is 3. The number of hydrogen-bond donors (Lipinski definition) is 2. The molecule has 122 valence electrons. The SMILES string of the molecule is CC(C)(C)NC(=O)N1CCCC1c1nc(-c2ccccc2)n[nH]1. The van der Waals surface area contributed by atoms with Crippen molar-refractivity contribution in [3.05, 3.63) is 36.2 Å². The monoisotopic (exact) mass is 313 g/mol. The van der Waals surface area contributed by atoms with Crippen molar-refractivity contribution < 1.29 is 4.79 Å². The Morgan fingerprint density at radius 2 is 2.04 bits per heavy atom. The second-order valence-corrected chi connectivity index (χ2v) is 6.94. The second kappa shape index (κ2) is 6.02. The maximum atomic E-state index is 12.5. The Hall–Kier alpha value is -2.37. The van der Waals surface area contributed by atoms with Gasteiger partial charge in [-0.25, -0.2) is 9.78 Å². The Bertz CT molecular complexity index is 674. The van der Waals surface area contributed by atoms with E-state index in [4.69, 9.17) is 0 Å². The van der Waals surface area contributed by atoms with Crippen LogP contribution in [0.2, 0.25) is 0 Å². The Labute approximate surface area is 136 Å². The van der Waals surface area contributed by atoms with Gasteiger partial charge in [0.15, 0.2) is 5.82 Å². The fourth-order valence-corrected chi connectivity index (χ4v) is 2.83. The molecule has 0 aliphatic carbocycles. The highest BCUT2D eigenvalue weighted by Gasteiger charge is 2.33. The molecule has 1 aliphatic rings. The molecule has 23 heavy (non-hydrogen) atoms. The molecule has 1 aliphatic heterocycles. The van der Waals surface area contributed by atoms with Gasteiger partial charge in [0.1, 0.15) is 5.82 Å². The zero-order valence-electron chi connectivity index (χ0n) is 13.8. The van der Waals surface area contributed by atoms with E-state index in [1.807, 2.05) is 56.0 Å². The summed E-state index contributed by atoms with van der Waals surface area (Å²) in [6.45, 7) is 6.70. The third kappa shape index (κ3) is 3.52. The maximum Gasteiger partial charge on any atom is 0.318 e. The van der Waals surface area contributed by atoms with Crippen LogP contribution in [0.1, 0.15) is 45.5 Å². The second-order valence-electron chi connectivity index (χ2n) is 6.94. The van der Waals surface area contributed by atoms with Crippen LogP contribution in [0.4, 0.5) is 4.79 Å². The Balaban J connectivity index is 1.78. The number of carbonyl (C=O) groups is 1. The summed E-state index contributed by atoms with van der Waals surface area (Å²) in [5.41, 5.74) is 0.722. The fraction of sp³-hybridized carbons (Fsp3) is 0.471. The van der Waals surface area contributed by atoms with Crippen LogP contribution in [-0.2, 0) is 0 Å². The van der Waals surface area contributed by atoms with Gasteiger partial charge in [0.2, 0.25) is 0 Å². The lowest BCUT2D eigenvalue weighted by Gasteiger charge is -2.28. The molecule has 6 heteroatoms. The number of hydrogen-bond acceptors (Lipinski definition) is 3. The van der Waals surface area contributed by atoms with Crippen molar-refractivity contribution in [1.82, 2.24) is 25.4 Å². The molecule has 1 atom stereocenters. The smallest absolute Gasteiger partial charge is 0.318 e. The first-order valence-corrected chi connectivity index (χ1v) is 8.00. The van der Waals surface area contributed by atoms with Crippen molar-refractivity contribution in [3.63, 3.8) is 0 Å². The van der Waals surface area contributed by atoms with Gasteiger partial charge in [0.25, 0.3) is 0 Å². The molecule has 0 bridgehead atoms. The number of aromatic amines is 1. The summed E-state index contributed by atoms with van der Waals surface area (Å²) >= 11 is 0. The minimum Gasteiger partial charge on any atom is -0.333 e. The summed E-state index contributed by atoms with van der Waals surface area (Å²) in [6, 6.07) is 9.76. The van der Waals surface area contributed by atoms with E-state index in [9.17, 15) is 4.79 Å². The molecule has 1 saturated heterocycles. The number of H-pyrrole nitrogens is 1. The lowest BCUT2D eigenvalue weighted by Crippen LogP contribution is -2.48. The van der Waals surface area contributed by atoms with E-state index < -0.39 is 0 Å². The van der Waals surface area contributed by atoms with Crippen LogP contribution in [0.15, 0.2) is 30.3 Å². The molecule has 2 aromatic rings. The van der Waals surface area contributed by atoms with Crippen LogP contribution in [0, 0.1) is 0 Å². The van der Waals surface area contributed by atoms with Crippen molar-refractivity contribution in [3.8, 4) is 11.4 Å². The van der Waals surface area contributed by atoms with E-state index in [2.05, 4.69) is 20.5 Å². The first-order chi connectivity index (χ1) is 10.9. The topological polar surface area (TPSA) is 73.9 Å². The summed E-state index contributed by atoms with van der Waals surface area (Å²) in [4.78, 5) is 18.9. The van der Waals surface area contributed by atoms with Crippen LogP contribution in [0.5, 0.6) is 0 Å². The highest BCUT2D eigenvalue weighted by atomic mass is 16.2. The third-order valence-corrected chi connectivity index (χ3v) is 3.85. The number of rotatable bonds is 2. The van der Waals surface area contributed by atoms with Gasteiger partial charge in [-0.2, -0.15) is 5.10 Å². The van der Waals surface area contributed by atoms with Crippen LogP contribution in [-0.4, -0.2) is 38.2 Å². The molecule has 1 aromatic carbocycles. The number of benzene rings is 1. The number of carbonyl (C=O) groups excluding carboxylic acids is 1. The zero-order valence-corrected chi connectivity index (χ0v) is 13.8. The van der Waals surface area contributed by atoms with Gasteiger partial charge in [0.05, 0.1) is 6.04 Å². The Kier molecular flexibility index (Phi) is 4.07. The molecule has 3 rings (SSSR count). The number of nitrogens with zero attached hydrogens (tertiary/aromatic N) is 3. The van der Waals surface area contributed by atoms with E-state index in [0.29, 0.717) is 5.82 Å². The van der Waals surface area contributed by atoms with Gasteiger partial charge in [-0.3, -0.25) is 5.10 Å². The maximum absolute atomic E-state index is 12.5. The normalized spacial score (nSPS) is 18.2. The minimum absolute atomic E-state index is 0.0395. The average molecular weight is 313 g/mol. The summed E-state index contributed by atoms with van der Waals surface area (Å²) in [5, 5.41) is 10.3. The van der Waals surface area contributed by atoms with Gasteiger partial charge >= 0.3 is 6.03 Å². The molecule has 0 saturated carbocycles. The number of nitrogens with one attached hydrogen (secondary N) is 2. The van der Waals surface area contributed by atoms with Gasteiger partial charge < -0.3 is 10.2 Å². The van der Waals surface area contributed by atoms with E-state index in [1.165, 1.54) is 0 Å². The number of urea groups is 1. The molecule has 6 nitrogen and oxygen atoms in total. The van der Waals surface area contributed by atoms with Crippen LogP contribution < -0.4 is 5.32 Å². The van der Waals surface area contributed by atoms with E-state index in [-0.39, 0.29) is 17.6 Å². The molecule has 1 fully saturated rings. The van der Waals surface area contributed by atoms with E-state index >= 15 is 0 Å². The van der Waals surface area contributed by atoms with Gasteiger partial charge in [-0.15, -0.1) is 0 Å². The lowest BCUT2D eigenvalue weighted by molar-refractivity contribution is 0.182. The first-order valence-electron chi connectivity index (χ1n) is 8.00. The van der Waals surface area contributed by atoms with Crippen molar-refractivity contribution in [1.29, 1.82) is 0 Å². The number of likely N-dealkylation sites (tertiary alicyclic amines) is 1. The molecular formula is C17H23N5O. The fourth-order valence-electron chi connectivity index (χ4n) is 2.83. The predicted octanol–water partition coefficient (Wildman–Crippen LogP) is 3.12. The standard InChI is InChI=1S/C17H23N5O/c1-17(2,3)19-16(23)22-11-7-10-13(22)15-18-14(20-21-15)12-8-5-4-6-9-12/h4-6,8-9,13H,7,10-11H2,1-3H3,(H,19,23)(H,18,20,21). The molecular weight excluding hydrogens is 290 g/mol. The minimum atomic E-state index is -0.249. The quantitative estimate of drug-likeness (QED) is 0.894. The molecule has 2 amide bonds. The Morgan fingerprint density at radius 3 is 2.74 bits per heavy atom.